The highest BCUT2D eigenvalue weighted by molar-refractivity contribution is 5.48. The van der Waals surface area contributed by atoms with E-state index in [0.29, 0.717) is 13.2 Å². The number of aliphatic hydroxyl groups excluding tert-OH is 1. The third-order valence-electron chi connectivity index (χ3n) is 3.02. The fraction of sp³-hybridized carbons (Fsp3) is 0.571. The molecule has 3 heteroatoms. The van der Waals surface area contributed by atoms with E-state index in [-0.39, 0.29) is 5.41 Å². The van der Waals surface area contributed by atoms with Crippen LogP contribution in [0.1, 0.15) is 38.0 Å². The summed E-state index contributed by atoms with van der Waals surface area (Å²) in [7, 11) is 0. The van der Waals surface area contributed by atoms with Crippen molar-refractivity contribution in [2.75, 3.05) is 13.2 Å². The maximum Gasteiger partial charge on any atom is 0.161 e. The van der Waals surface area contributed by atoms with Crippen molar-refractivity contribution in [3.63, 3.8) is 0 Å². The fourth-order valence-electron chi connectivity index (χ4n) is 1.94. The molecule has 1 aromatic carbocycles. The number of aliphatic hydroxyl groups is 1. The molecule has 1 aromatic rings. The van der Waals surface area contributed by atoms with Crippen molar-refractivity contribution < 1.29 is 14.6 Å². The van der Waals surface area contributed by atoms with Crippen LogP contribution in [0.2, 0.25) is 0 Å². The Balaban J connectivity index is 2.38. The molecular weight excluding hydrogens is 216 g/mol. The van der Waals surface area contributed by atoms with Crippen LogP contribution < -0.4 is 9.47 Å². The molecule has 0 radical (unpaired) electrons. The molecule has 1 atom stereocenters. The van der Waals surface area contributed by atoms with E-state index in [2.05, 4.69) is 13.8 Å². The molecule has 1 unspecified atom stereocenters. The van der Waals surface area contributed by atoms with Gasteiger partial charge in [0.05, 0.1) is 19.3 Å². The lowest BCUT2D eigenvalue weighted by Crippen LogP contribution is -2.26. The number of rotatable bonds is 1. The second kappa shape index (κ2) is 4.22. The lowest BCUT2D eigenvalue weighted by molar-refractivity contribution is 0.140. The van der Waals surface area contributed by atoms with Gasteiger partial charge in [0.25, 0.3) is 0 Å². The molecule has 1 aliphatic rings. The fourth-order valence-corrected chi connectivity index (χ4v) is 1.94. The summed E-state index contributed by atoms with van der Waals surface area (Å²) in [5.74, 6) is 1.51. The predicted octanol–water partition coefficient (Wildman–Crippen LogP) is 2.85. The number of ether oxygens (including phenoxy) is 2. The van der Waals surface area contributed by atoms with Crippen LogP contribution in [0.5, 0.6) is 11.5 Å². The molecule has 0 fully saturated rings. The molecule has 0 saturated heterocycles. The Kier molecular flexibility index (Phi) is 3.04. The number of fused-ring (bicyclic) bond motifs is 1. The quantitative estimate of drug-likeness (QED) is 0.815. The smallest absolute Gasteiger partial charge is 0.161 e. The van der Waals surface area contributed by atoms with Gasteiger partial charge < -0.3 is 14.6 Å². The normalized spacial score (nSPS) is 19.6. The Bertz CT molecular complexity index is 422. The van der Waals surface area contributed by atoms with Crippen LogP contribution in [0.3, 0.4) is 0 Å². The van der Waals surface area contributed by atoms with Gasteiger partial charge >= 0.3 is 0 Å². The van der Waals surface area contributed by atoms with E-state index >= 15 is 0 Å². The van der Waals surface area contributed by atoms with Gasteiger partial charge in [-0.25, -0.2) is 0 Å². The minimum absolute atomic E-state index is 0.0118. The van der Waals surface area contributed by atoms with Gasteiger partial charge in [0.15, 0.2) is 11.5 Å². The van der Waals surface area contributed by atoms with Crippen LogP contribution in [0.25, 0.3) is 0 Å². The molecule has 1 N–H and O–H groups in total. The summed E-state index contributed by atoms with van der Waals surface area (Å²) in [6.45, 7) is 9.23. The Morgan fingerprint density at radius 2 is 1.71 bits per heavy atom. The maximum atomic E-state index is 9.68. The van der Waals surface area contributed by atoms with E-state index in [1.54, 1.807) is 6.92 Å². The first-order valence-corrected chi connectivity index (χ1v) is 5.97. The van der Waals surface area contributed by atoms with Gasteiger partial charge in [-0.05, 0) is 37.1 Å². The van der Waals surface area contributed by atoms with Crippen molar-refractivity contribution in [2.24, 2.45) is 5.41 Å². The predicted molar refractivity (Wildman–Crippen MR) is 66.6 cm³/mol. The molecular formula is C14H20O3. The lowest BCUT2D eigenvalue weighted by Gasteiger charge is -2.19. The highest BCUT2D eigenvalue weighted by Gasteiger charge is 2.26. The lowest BCUT2D eigenvalue weighted by atomic mass is 9.97. The summed E-state index contributed by atoms with van der Waals surface area (Å²) in [5.41, 5.74) is 1.94. The van der Waals surface area contributed by atoms with E-state index in [4.69, 9.17) is 9.47 Å². The first-order valence-electron chi connectivity index (χ1n) is 5.97. The van der Waals surface area contributed by atoms with Gasteiger partial charge in [-0.2, -0.15) is 0 Å². The third kappa shape index (κ3) is 2.55. The van der Waals surface area contributed by atoms with Crippen LogP contribution in [0.4, 0.5) is 0 Å². The van der Waals surface area contributed by atoms with Crippen LogP contribution in [-0.4, -0.2) is 18.3 Å². The molecule has 17 heavy (non-hydrogen) atoms. The maximum absolute atomic E-state index is 9.68. The summed E-state index contributed by atoms with van der Waals surface area (Å²) < 4.78 is 11.5. The van der Waals surface area contributed by atoms with Gasteiger partial charge in [0, 0.05) is 5.41 Å². The zero-order valence-electron chi connectivity index (χ0n) is 10.9. The largest absolute Gasteiger partial charge is 0.489 e. The minimum Gasteiger partial charge on any atom is -0.489 e. The molecule has 0 aromatic heterocycles. The summed E-state index contributed by atoms with van der Waals surface area (Å²) in [4.78, 5) is 0. The second-order valence-corrected chi connectivity index (χ2v) is 5.57. The van der Waals surface area contributed by atoms with Crippen LogP contribution in [0, 0.1) is 12.3 Å². The summed E-state index contributed by atoms with van der Waals surface area (Å²) in [6, 6.07) is 3.83. The van der Waals surface area contributed by atoms with Crippen molar-refractivity contribution in [1.82, 2.24) is 0 Å². The number of hydrogen-bond donors (Lipinski definition) is 1. The number of aryl methyl sites for hydroxylation is 1. The standard InChI is InChI=1S/C14H20O3/c1-9-5-12-13(6-11(9)10(2)15)17-8-14(3,4)7-16-12/h5-6,10,15H,7-8H2,1-4H3. The van der Waals surface area contributed by atoms with E-state index in [1.807, 2.05) is 19.1 Å². The average molecular weight is 236 g/mol. The first-order chi connectivity index (χ1) is 7.89. The van der Waals surface area contributed by atoms with Crippen molar-refractivity contribution in [1.29, 1.82) is 0 Å². The number of hydrogen-bond acceptors (Lipinski definition) is 3. The van der Waals surface area contributed by atoms with Crippen molar-refractivity contribution in [3.05, 3.63) is 23.3 Å². The zero-order chi connectivity index (χ0) is 12.6. The Morgan fingerprint density at radius 1 is 1.18 bits per heavy atom. The van der Waals surface area contributed by atoms with Gasteiger partial charge in [-0.3, -0.25) is 0 Å². The first kappa shape index (κ1) is 12.2. The highest BCUT2D eigenvalue weighted by Crippen LogP contribution is 2.37. The van der Waals surface area contributed by atoms with Crippen molar-refractivity contribution in [2.45, 2.75) is 33.8 Å². The van der Waals surface area contributed by atoms with Crippen LogP contribution in [0.15, 0.2) is 12.1 Å². The van der Waals surface area contributed by atoms with Crippen LogP contribution >= 0.6 is 0 Å². The second-order valence-electron chi connectivity index (χ2n) is 5.57. The molecule has 1 aliphatic heterocycles. The van der Waals surface area contributed by atoms with Crippen molar-refractivity contribution >= 4 is 0 Å². The third-order valence-corrected chi connectivity index (χ3v) is 3.02. The molecule has 0 bridgehead atoms. The minimum atomic E-state index is -0.486. The summed E-state index contributed by atoms with van der Waals surface area (Å²) in [5, 5.41) is 9.68. The average Bonchev–Trinajstić information content (AvgIpc) is 2.37. The van der Waals surface area contributed by atoms with Crippen LogP contribution in [-0.2, 0) is 0 Å². The van der Waals surface area contributed by atoms with Gasteiger partial charge in [0.1, 0.15) is 0 Å². The molecule has 3 nitrogen and oxygen atoms in total. The molecule has 0 aliphatic carbocycles. The summed E-state index contributed by atoms with van der Waals surface area (Å²) >= 11 is 0. The molecule has 94 valence electrons. The Morgan fingerprint density at radius 3 is 2.24 bits per heavy atom. The monoisotopic (exact) mass is 236 g/mol. The van der Waals surface area contributed by atoms with Gasteiger partial charge in [-0.15, -0.1) is 0 Å². The zero-order valence-corrected chi connectivity index (χ0v) is 10.9. The number of benzene rings is 1. The Labute approximate surface area is 102 Å². The topological polar surface area (TPSA) is 38.7 Å². The van der Waals surface area contributed by atoms with E-state index in [9.17, 15) is 5.11 Å². The SMILES string of the molecule is Cc1cc2c(cc1C(C)O)OCC(C)(C)CO2. The molecule has 0 spiro atoms. The van der Waals surface area contributed by atoms with Gasteiger partial charge in [-0.1, -0.05) is 13.8 Å². The van der Waals surface area contributed by atoms with Crippen molar-refractivity contribution in [3.8, 4) is 11.5 Å². The summed E-state index contributed by atoms with van der Waals surface area (Å²) in [6.07, 6.45) is -0.486. The molecule has 0 amide bonds. The van der Waals surface area contributed by atoms with Gasteiger partial charge in [0.2, 0.25) is 0 Å². The molecule has 2 rings (SSSR count). The van der Waals surface area contributed by atoms with E-state index < -0.39 is 6.10 Å². The molecule has 0 saturated carbocycles. The Hall–Kier alpha value is -1.22. The van der Waals surface area contributed by atoms with E-state index in [1.165, 1.54) is 0 Å². The van der Waals surface area contributed by atoms with E-state index in [0.717, 1.165) is 22.6 Å². The molecule has 1 heterocycles. The highest BCUT2D eigenvalue weighted by atomic mass is 16.5.